The molecule has 5 nitrogen and oxygen atoms in total. The average molecular weight is 357 g/mol. The summed E-state index contributed by atoms with van der Waals surface area (Å²) in [6, 6.07) is 8.15. The Kier molecular flexibility index (Phi) is 4.42. The van der Waals surface area contributed by atoms with Crippen LogP contribution in [-0.4, -0.2) is 18.5 Å². The standard InChI is InChI=1S/C13H13BrN2O3S/c1-9-11(14)3-2-4-12(9)16-20(18,19)13-6-5-10(8-17)7-15-13/h2-7,16-17H,8H2,1H3. The van der Waals surface area contributed by atoms with Crippen molar-refractivity contribution in [2.45, 2.75) is 18.6 Å². The molecule has 7 heteroatoms. The van der Waals surface area contributed by atoms with Crippen LogP contribution in [0.25, 0.3) is 0 Å². The molecule has 2 N–H and O–H groups in total. The molecular weight excluding hydrogens is 344 g/mol. The van der Waals surface area contributed by atoms with Crippen molar-refractivity contribution < 1.29 is 13.5 Å². The van der Waals surface area contributed by atoms with Crippen molar-refractivity contribution in [3.63, 3.8) is 0 Å². The number of nitrogens with zero attached hydrogens (tertiary/aromatic N) is 1. The molecule has 0 unspecified atom stereocenters. The Balaban J connectivity index is 2.33. The van der Waals surface area contributed by atoms with E-state index in [9.17, 15) is 8.42 Å². The minimum absolute atomic E-state index is 0.0888. The number of nitrogens with one attached hydrogen (secondary N) is 1. The largest absolute Gasteiger partial charge is 0.392 e. The first-order chi connectivity index (χ1) is 9.44. The highest BCUT2D eigenvalue weighted by Crippen LogP contribution is 2.25. The summed E-state index contributed by atoms with van der Waals surface area (Å²) in [6.07, 6.45) is 1.34. The number of pyridine rings is 1. The number of aliphatic hydroxyl groups is 1. The van der Waals surface area contributed by atoms with Crippen LogP contribution >= 0.6 is 15.9 Å². The molecule has 0 aliphatic heterocycles. The van der Waals surface area contributed by atoms with E-state index in [0.717, 1.165) is 10.0 Å². The summed E-state index contributed by atoms with van der Waals surface area (Å²) in [7, 11) is -3.74. The normalized spacial score (nSPS) is 11.3. The second kappa shape index (κ2) is 5.90. The first-order valence-corrected chi connectivity index (χ1v) is 8.05. The van der Waals surface area contributed by atoms with Gasteiger partial charge in [-0.1, -0.05) is 28.1 Å². The maximum atomic E-state index is 12.2. The Morgan fingerprint density at radius 3 is 2.65 bits per heavy atom. The van der Waals surface area contributed by atoms with Gasteiger partial charge in [0.15, 0.2) is 5.03 Å². The number of anilines is 1. The molecule has 2 aromatic rings. The van der Waals surface area contributed by atoms with Crippen molar-refractivity contribution in [2.24, 2.45) is 0 Å². The molecule has 0 aliphatic rings. The van der Waals surface area contributed by atoms with Gasteiger partial charge in [0.25, 0.3) is 10.0 Å². The molecule has 0 fully saturated rings. The summed E-state index contributed by atoms with van der Waals surface area (Å²) in [5.41, 5.74) is 1.85. The van der Waals surface area contributed by atoms with Crippen molar-refractivity contribution in [1.29, 1.82) is 0 Å². The van der Waals surface area contributed by atoms with Crippen molar-refractivity contribution in [2.75, 3.05) is 4.72 Å². The molecule has 106 valence electrons. The van der Waals surface area contributed by atoms with Crippen LogP contribution in [0.3, 0.4) is 0 Å². The van der Waals surface area contributed by atoms with E-state index in [1.54, 1.807) is 12.1 Å². The van der Waals surface area contributed by atoms with E-state index in [1.165, 1.54) is 18.3 Å². The number of hydrogen-bond donors (Lipinski definition) is 2. The molecule has 0 saturated heterocycles. The fraction of sp³-hybridized carbons (Fsp3) is 0.154. The third-order valence-electron chi connectivity index (χ3n) is 2.77. The van der Waals surface area contributed by atoms with Gasteiger partial charge in [-0.3, -0.25) is 4.72 Å². The summed E-state index contributed by atoms with van der Waals surface area (Å²) in [6.45, 7) is 1.63. The van der Waals surface area contributed by atoms with Crippen LogP contribution in [0, 0.1) is 6.92 Å². The second-order valence-electron chi connectivity index (χ2n) is 4.18. The quantitative estimate of drug-likeness (QED) is 0.881. The van der Waals surface area contributed by atoms with Gasteiger partial charge in [0.1, 0.15) is 0 Å². The van der Waals surface area contributed by atoms with Crippen LogP contribution in [0.2, 0.25) is 0 Å². The molecular formula is C13H13BrN2O3S. The lowest BCUT2D eigenvalue weighted by atomic mass is 10.2. The molecule has 0 atom stereocenters. The van der Waals surface area contributed by atoms with Gasteiger partial charge in [0.2, 0.25) is 0 Å². The van der Waals surface area contributed by atoms with Gasteiger partial charge in [0.05, 0.1) is 12.3 Å². The first-order valence-electron chi connectivity index (χ1n) is 5.78. The number of benzene rings is 1. The molecule has 2 rings (SSSR count). The summed E-state index contributed by atoms with van der Waals surface area (Å²) in [4.78, 5) is 3.85. The van der Waals surface area contributed by atoms with E-state index in [4.69, 9.17) is 5.11 Å². The minimum Gasteiger partial charge on any atom is -0.392 e. The molecule has 20 heavy (non-hydrogen) atoms. The smallest absolute Gasteiger partial charge is 0.279 e. The topological polar surface area (TPSA) is 79.3 Å². The predicted molar refractivity (Wildman–Crippen MR) is 79.8 cm³/mol. The van der Waals surface area contributed by atoms with E-state index < -0.39 is 10.0 Å². The predicted octanol–water partition coefficient (Wildman–Crippen LogP) is 2.45. The zero-order valence-electron chi connectivity index (χ0n) is 10.7. The summed E-state index contributed by atoms with van der Waals surface area (Å²) in [5.74, 6) is 0. The van der Waals surface area contributed by atoms with E-state index in [-0.39, 0.29) is 11.6 Å². The fourth-order valence-corrected chi connectivity index (χ4v) is 3.00. The number of aliphatic hydroxyl groups excluding tert-OH is 1. The molecule has 0 aliphatic carbocycles. The zero-order chi connectivity index (χ0) is 14.8. The Hall–Kier alpha value is -1.44. The molecule has 1 aromatic heterocycles. The highest BCUT2D eigenvalue weighted by molar-refractivity contribution is 9.10. The Labute approximate surface area is 125 Å². The fourth-order valence-electron chi connectivity index (χ4n) is 1.58. The molecule has 0 spiro atoms. The Morgan fingerprint density at radius 2 is 2.05 bits per heavy atom. The van der Waals surface area contributed by atoms with E-state index in [2.05, 4.69) is 25.6 Å². The van der Waals surface area contributed by atoms with Crippen LogP contribution in [-0.2, 0) is 16.6 Å². The summed E-state index contributed by atoms with van der Waals surface area (Å²) in [5, 5.41) is 8.83. The SMILES string of the molecule is Cc1c(Br)cccc1NS(=O)(=O)c1ccc(CO)cn1. The number of halogens is 1. The number of rotatable bonds is 4. The van der Waals surface area contributed by atoms with E-state index >= 15 is 0 Å². The minimum atomic E-state index is -3.74. The van der Waals surface area contributed by atoms with Gasteiger partial charge >= 0.3 is 0 Å². The lowest BCUT2D eigenvalue weighted by Crippen LogP contribution is -2.15. The highest BCUT2D eigenvalue weighted by atomic mass is 79.9. The molecule has 0 radical (unpaired) electrons. The van der Waals surface area contributed by atoms with Crippen LogP contribution < -0.4 is 4.72 Å². The van der Waals surface area contributed by atoms with Crippen LogP contribution in [0.4, 0.5) is 5.69 Å². The van der Waals surface area contributed by atoms with Crippen LogP contribution in [0.5, 0.6) is 0 Å². The molecule has 1 aromatic carbocycles. The monoisotopic (exact) mass is 356 g/mol. The van der Waals surface area contributed by atoms with Gasteiger partial charge in [-0.2, -0.15) is 8.42 Å². The van der Waals surface area contributed by atoms with E-state index in [0.29, 0.717) is 11.3 Å². The van der Waals surface area contributed by atoms with Crippen molar-refractivity contribution >= 4 is 31.6 Å². The van der Waals surface area contributed by atoms with Crippen molar-refractivity contribution in [3.8, 4) is 0 Å². The lowest BCUT2D eigenvalue weighted by Gasteiger charge is -2.11. The lowest BCUT2D eigenvalue weighted by molar-refractivity contribution is 0.281. The number of hydrogen-bond acceptors (Lipinski definition) is 4. The maximum Gasteiger partial charge on any atom is 0.279 e. The summed E-state index contributed by atoms with van der Waals surface area (Å²) >= 11 is 3.35. The Morgan fingerprint density at radius 1 is 1.30 bits per heavy atom. The van der Waals surface area contributed by atoms with Crippen molar-refractivity contribution in [1.82, 2.24) is 4.98 Å². The molecule has 0 bridgehead atoms. The van der Waals surface area contributed by atoms with Crippen LogP contribution in [0.1, 0.15) is 11.1 Å². The second-order valence-corrected chi connectivity index (χ2v) is 6.66. The number of sulfonamides is 1. The van der Waals surface area contributed by atoms with E-state index in [1.807, 2.05) is 13.0 Å². The van der Waals surface area contributed by atoms with Gasteiger partial charge in [-0.05, 0) is 36.2 Å². The van der Waals surface area contributed by atoms with Crippen molar-refractivity contribution in [3.05, 3.63) is 52.1 Å². The number of aromatic nitrogens is 1. The molecule has 0 saturated carbocycles. The molecule has 0 amide bonds. The van der Waals surface area contributed by atoms with Gasteiger partial charge in [0, 0.05) is 10.7 Å². The van der Waals surface area contributed by atoms with Gasteiger partial charge < -0.3 is 5.11 Å². The first kappa shape index (κ1) is 15.0. The van der Waals surface area contributed by atoms with Gasteiger partial charge in [-0.25, -0.2) is 4.98 Å². The third-order valence-corrected chi connectivity index (χ3v) is 4.91. The summed E-state index contributed by atoms with van der Waals surface area (Å²) < 4.78 is 27.7. The average Bonchev–Trinajstić information content (AvgIpc) is 2.44. The molecule has 1 heterocycles. The Bertz CT molecular complexity index is 715. The third kappa shape index (κ3) is 3.17. The van der Waals surface area contributed by atoms with Gasteiger partial charge in [-0.15, -0.1) is 0 Å². The maximum absolute atomic E-state index is 12.2. The highest BCUT2D eigenvalue weighted by Gasteiger charge is 2.17. The van der Waals surface area contributed by atoms with Crippen LogP contribution in [0.15, 0.2) is 46.0 Å². The zero-order valence-corrected chi connectivity index (χ0v) is 13.1.